The molecule has 1 aromatic heterocycles. The van der Waals surface area contributed by atoms with E-state index in [2.05, 4.69) is 9.73 Å². The van der Waals surface area contributed by atoms with Crippen LogP contribution < -0.4 is 5.73 Å². The minimum absolute atomic E-state index is 0.169. The Kier molecular flexibility index (Phi) is 8.67. The Bertz CT molecular complexity index is 998. The molecule has 10 nitrogen and oxygen atoms in total. The van der Waals surface area contributed by atoms with Crippen molar-refractivity contribution in [2.24, 2.45) is 10.7 Å². The molecule has 2 heterocycles. The first-order valence-electron chi connectivity index (χ1n) is 11.5. The van der Waals surface area contributed by atoms with Gasteiger partial charge in [-0.15, -0.1) is 11.3 Å². The first-order valence-corrected chi connectivity index (χ1v) is 12.3. The number of nitrogens with one attached hydrogen (secondary N) is 1. The normalized spacial score (nSPS) is 18.8. The zero-order chi connectivity index (χ0) is 24.8. The number of ether oxygens (including phenoxy) is 1. The molecule has 3 rings (SSSR count). The van der Waals surface area contributed by atoms with Crippen LogP contribution in [0.3, 0.4) is 0 Å². The smallest absolute Gasteiger partial charge is 0.349 e. The summed E-state index contributed by atoms with van der Waals surface area (Å²) in [6, 6.07) is -0.924. The van der Waals surface area contributed by atoms with Crippen molar-refractivity contribution in [2.75, 3.05) is 20.2 Å². The minimum Gasteiger partial charge on any atom is -0.465 e. The number of carbonyl (C=O) groups is 4. The quantitative estimate of drug-likeness (QED) is 0.270. The predicted molar refractivity (Wildman–Crippen MR) is 128 cm³/mol. The molecule has 1 atom stereocenters. The van der Waals surface area contributed by atoms with Crippen LogP contribution in [0.2, 0.25) is 0 Å². The molecule has 184 valence electrons. The molecule has 3 amide bonds. The van der Waals surface area contributed by atoms with E-state index in [0.29, 0.717) is 35.4 Å². The molecule has 0 aromatic carbocycles. The summed E-state index contributed by atoms with van der Waals surface area (Å²) in [5, 5.41) is 9.79. The molecular formula is C23H31N5O5S. The van der Waals surface area contributed by atoms with Crippen LogP contribution in [0.5, 0.6) is 0 Å². The lowest BCUT2D eigenvalue weighted by Gasteiger charge is -2.36. The average Bonchev–Trinajstić information content (AvgIpc) is 3.49. The second-order valence-corrected chi connectivity index (χ2v) is 9.37. The number of thiophene rings is 1. The number of esters is 1. The fourth-order valence-corrected chi connectivity index (χ4v) is 5.57. The van der Waals surface area contributed by atoms with Gasteiger partial charge in [-0.05, 0) is 38.2 Å². The zero-order valence-electron chi connectivity index (χ0n) is 19.5. The van der Waals surface area contributed by atoms with Gasteiger partial charge in [0.15, 0.2) is 5.84 Å². The summed E-state index contributed by atoms with van der Waals surface area (Å²) in [5.74, 6) is -1.93. The lowest BCUT2D eigenvalue weighted by atomic mass is 9.92. The van der Waals surface area contributed by atoms with E-state index in [4.69, 9.17) is 11.1 Å². The second-order valence-electron chi connectivity index (χ2n) is 8.49. The number of amides is 3. The summed E-state index contributed by atoms with van der Waals surface area (Å²) >= 11 is 1.16. The van der Waals surface area contributed by atoms with E-state index in [1.165, 1.54) is 16.9 Å². The van der Waals surface area contributed by atoms with Gasteiger partial charge in [0, 0.05) is 18.0 Å². The van der Waals surface area contributed by atoms with Gasteiger partial charge in [-0.25, -0.2) is 9.79 Å². The number of amidine groups is 1. The maximum Gasteiger partial charge on any atom is 0.349 e. The average molecular weight is 490 g/mol. The van der Waals surface area contributed by atoms with Gasteiger partial charge in [0.2, 0.25) is 5.91 Å². The number of hydrogen-bond donors (Lipinski definition) is 2. The standard InChI is InChI=1S/C23H31N5O5S/c1-14-16(13-34-20(14)21(25)26-12-19(30)33-2)22(31)28(15-7-4-3-5-8-15)23(32)17-9-6-10-27(17)18(29)11-24/h12-13,15,17,25H,3-11,24H2,1-2H3/t17-/m0/s1. The number of nitrogens with zero attached hydrogens (tertiary/aromatic N) is 3. The molecule has 34 heavy (non-hydrogen) atoms. The Morgan fingerprint density at radius 3 is 2.59 bits per heavy atom. The molecule has 2 fully saturated rings. The van der Waals surface area contributed by atoms with Gasteiger partial charge in [0.1, 0.15) is 12.3 Å². The number of likely N-dealkylation sites (tertiary alicyclic amines) is 1. The highest BCUT2D eigenvalue weighted by Gasteiger charge is 2.41. The Morgan fingerprint density at radius 2 is 1.94 bits per heavy atom. The molecule has 1 saturated heterocycles. The number of nitrogens with two attached hydrogens (primary N) is 1. The summed E-state index contributed by atoms with van der Waals surface area (Å²) in [6.45, 7) is 1.98. The van der Waals surface area contributed by atoms with E-state index in [0.717, 1.165) is 49.7 Å². The van der Waals surface area contributed by atoms with Crippen molar-refractivity contribution < 1.29 is 23.9 Å². The molecule has 1 aliphatic heterocycles. The summed E-state index contributed by atoms with van der Waals surface area (Å²) in [5.41, 5.74) is 6.40. The van der Waals surface area contributed by atoms with Crippen LogP contribution in [0.4, 0.5) is 0 Å². The first-order chi connectivity index (χ1) is 16.3. The van der Waals surface area contributed by atoms with Gasteiger partial charge >= 0.3 is 5.97 Å². The van der Waals surface area contributed by atoms with Crippen molar-refractivity contribution in [1.29, 1.82) is 5.41 Å². The molecule has 2 aliphatic rings. The maximum absolute atomic E-state index is 13.8. The Balaban J connectivity index is 1.91. The molecule has 0 radical (unpaired) electrons. The number of carbonyl (C=O) groups excluding carboxylic acids is 4. The highest BCUT2D eigenvalue weighted by atomic mass is 32.1. The van der Waals surface area contributed by atoms with E-state index in [-0.39, 0.29) is 30.2 Å². The molecule has 1 aliphatic carbocycles. The Hall–Kier alpha value is -2.92. The summed E-state index contributed by atoms with van der Waals surface area (Å²) in [7, 11) is 1.22. The zero-order valence-corrected chi connectivity index (χ0v) is 20.4. The molecule has 11 heteroatoms. The first kappa shape index (κ1) is 25.7. The number of hydrogen-bond acceptors (Lipinski definition) is 8. The van der Waals surface area contributed by atoms with Crippen LogP contribution in [-0.4, -0.2) is 77.8 Å². The van der Waals surface area contributed by atoms with Crippen molar-refractivity contribution in [3.05, 3.63) is 21.4 Å². The number of rotatable bonds is 6. The molecule has 3 N–H and O–H groups in total. The number of methoxy groups -OCH3 is 1. The SMILES string of the molecule is COC(=O)C=NC(=N)c1scc(C(=O)N(C(=O)[C@@H]2CCCN2C(=O)CN)C2CCCCC2)c1C. The largest absolute Gasteiger partial charge is 0.465 e. The van der Waals surface area contributed by atoms with Crippen LogP contribution in [0, 0.1) is 12.3 Å². The Labute approximate surface area is 202 Å². The topological polar surface area (TPSA) is 146 Å². The summed E-state index contributed by atoms with van der Waals surface area (Å²) in [4.78, 5) is 58.2. The highest BCUT2D eigenvalue weighted by Crippen LogP contribution is 2.31. The predicted octanol–water partition coefficient (Wildman–Crippen LogP) is 1.88. The van der Waals surface area contributed by atoms with Crippen LogP contribution in [-0.2, 0) is 19.1 Å². The van der Waals surface area contributed by atoms with Crippen LogP contribution in [0.15, 0.2) is 10.4 Å². The molecule has 0 bridgehead atoms. The Morgan fingerprint density at radius 1 is 1.24 bits per heavy atom. The minimum atomic E-state index is -0.691. The van der Waals surface area contributed by atoms with E-state index < -0.39 is 17.9 Å². The summed E-state index contributed by atoms with van der Waals surface area (Å²) < 4.78 is 4.50. The third-order valence-corrected chi connectivity index (χ3v) is 7.50. The van der Waals surface area contributed by atoms with Gasteiger partial charge in [-0.2, -0.15) is 0 Å². The summed E-state index contributed by atoms with van der Waals surface area (Å²) in [6.07, 6.45) is 6.47. The van der Waals surface area contributed by atoms with Crippen molar-refractivity contribution in [2.45, 2.75) is 64.0 Å². The lowest BCUT2D eigenvalue weighted by molar-refractivity contribution is -0.143. The van der Waals surface area contributed by atoms with Gasteiger partial charge < -0.3 is 15.4 Å². The van der Waals surface area contributed by atoms with Gasteiger partial charge in [0.25, 0.3) is 11.8 Å². The van der Waals surface area contributed by atoms with Gasteiger partial charge in [0.05, 0.1) is 24.1 Å². The fraction of sp³-hybridized carbons (Fsp3) is 0.565. The maximum atomic E-state index is 13.8. The van der Waals surface area contributed by atoms with Crippen LogP contribution in [0.25, 0.3) is 0 Å². The van der Waals surface area contributed by atoms with Crippen LogP contribution in [0.1, 0.15) is 65.7 Å². The second kappa shape index (κ2) is 11.5. The van der Waals surface area contributed by atoms with E-state index in [1.54, 1.807) is 12.3 Å². The lowest BCUT2D eigenvalue weighted by Crippen LogP contribution is -2.54. The third-order valence-electron chi connectivity index (χ3n) is 6.41. The van der Waals surface area contributed by atoms with Crippen molar-refractivity contribution in [1.82, 2.24) is 9.80 Å². The third kappa shape index (κ3) is 5.41. The molecule has 1 saturated carbocycles. The number of imide groups is 1. The van der Waals surface area contributed by atoms with Gasteiger partial charge in [-0.1, -0.05) is 19.3 Å². The van der Waals surface area contributed by atoms with E-state index in [9.17, 15) is 19.2 Å². The van der Waals surface area contributed by atoms with Crippen LogP contribution >= 0.6 is 11.3 Å². The molecular weight excluding hydrogens is 458 g/mol. The highest BCUT2D eigenvalue weighted by molar-refractivity contribution is 7.12. The fourth-order valence-electron chi connectivity index (χ4n) is 4.60. The van der Waals surface area contributed by atoms with Crippen molar-refractivity contribution in [3.63, 3.8) is 0 Å². The monoisotopic (exact) mass is 489 g/mol. The number of aliphatic imine (C=N–C) groups is 1. The molecule has 0 unspecified atom stereocenters. The molecule has 1 aromatic rings. The van der Waals surface area contributed by atoms with Crippen molar-refractivity contribution in [3.8, 4) is 0 Å². The van der Waals surface area contributed by atoms with E-state index in [1.807, 2.05) is 0 Å². The molecule has 0 spiro atoms. The van der Waals surface area contributed by atoms with E-state index >= 15 is 0 Å². The van der Waals surface area contributed by atoms with Crippen molar-refractivity contribution >= 4 is 47.1 Å². The van der Waals surface area contributed by atoms with Gasteiger partial charge in [-0.3, -0.25) is 24.7 Å².